The number of nitrogens with zero attached hydrogens (tertiary/aromatic N) is 2. The molecule has 1 saturated carbocycles. The maximum Gasteiger partial charge on any atom is 0.254 e. The number of hydrogen-bond donors (Lipinski definition) is 1. The summed E-state index contributed by atoms with van der Waals surface area (Å²) in [5.41, 5.74) is 3.36. The maximum absolute atomic E-state index is 13.2. The Morgan fingerprint density at radius 2 is 1.90 bits per heavy atom. The molecule has 0 unspecified atom stereocenters. The number of amides is 1. The summed E-state index contributed by atoms with van der Waals surface area (Å²) < 4.78 is 5.97. The van der Waals surface area contributed by atoms with E-state index in [2.05, 4.69) is 5.32 Å². The van der Waals surface area contributed by atoms with Crippen LogP contribution < -0.4 is 10.1 Å². The summed E-state index contributed by atoms with van der Waals surface area (Å²) in [6, 6.07) is 18.6. The van der Waals surface area contributed by atoms with E-state index in [9.17, 15) is 4.79 Å². The topological polar surface area (TPSA) is 54.5 Å². The highest BCUT2D eigenvalue weighted by Crippen LogP contribution is 2.28. The van der Waals surface area contributed by atoms with E-state index in [0.29, 0.717) is 6.61 Å². The van der Waals surface area contributed by atoms with Crippen molar-refractivity contribution in [2.75, 3.05) is 26.2 Å². The van der Waals surface area contributed by atoms with Gasteiger partial charge in [-0.3, -0.25) is 4.79 Å². The SMILES string of the molecule is O=C(c1cc(-c2cccc(OCCCNC3CC3)c2)nc2ccccc12)N1CCCC1. The van der Waals surface area contributed by atoms with Crippen molar-refractivity contribution in [1.82, 2.24) is 15.2 Å². The van der Waals surface area contributed by atoms with Gasteiger partial charge in [-0.2, -0.15) is 0 Å². The van der Waals surface area contributed by atoms with Gasteiger partial charge in [0.05, 0.1) is 23.4 Å². The summed E-state index contributed by atoms with van der Waals surface area (Å²) in [5, 5.41) is 4.43. The third-order valence-electron chi connectivity index (χ3n) is 6.07. The molecule has 31 heavy (non-hydrogen) atoms. The van der Waals surface area contributed by atoms with E-state index in [1.165, 1.54) is 12.8 Å². The third kappa shape index (κ3) is 4.72. The van der Waals surface area contributed by atoms with Crippen LogP contribution in [0.2, 0.25) is 0 Å². The highest BCUT2D eigenvalue weighted by Gasteiger charge is 2.22. The molecule has 160 valence electrons. The first kappa shape index (κ1) is 20.0. The first-order chi connectivity index (χ1) is 15.3. The van der Waals surface area contributed by atoms with Gasteiger partial charge in [-0.05, 0) is 62.9 Å². The Hall–Kier alpha value is -2.92. The van der Waals surface area contributed by atoms with E-state index in [4.69, 9.17) is 9.72 Å². The van der Waals surface area contributed by atoms with E-state index in [0.717, 1.165) is 78.4 Å². The van der Waals surface area contributed by atoms with Crippen LogP contribution in [0.25, 0.3) is 22.2 Å². The second kappa shape index (κ2) is 9.06. The lowest BCUT2D eigenvalue weighted by atomic mass is 10.0. The van der Waals surface area contributed by atoms with Gasteiger partial charge in [0.2, 0.25) is 0 Å². The minimum atomic E-state index is 0.105. The highest BCUT2D eigenvalue weighted by molar-refractivity contribution is 6.07. The second-order valence-corrected chi connectivity index (χ2v) is 8.53. The van der Waals surface area contributed by atoms with E-state index >= 15 is 0 Å². The number of aromatic nitrogens is 1. The Bertz CT molecular complexity index is 1070. The van der Waals surface area contributed by atoms with E-state index in [1.807, 2.05) is 59.5 Å². The molecule has 2 aliphatic rings. The van der Waals surface area contributed by atoms with Gasteiger partial charge in [-0.1, -0.05) is 30.3 Å². The van der Waals surface area contributed by atoms with Crippen LogP contribution in [-0.4, -0.2) is 48.1 Å². The van der Waals surface area contributed by atoms with Crippen molar-refractivity contribution in [3.63, 3.8) is 0 Å². The number of rotatable bonds is 8. The molecule has 5 rings (SSSR count). The molecule has 0 bridgehead atoms. The van der Waals surface area contributed by atoms with Crippen LogP contribution >= 0.6 is 0 Å². The van der Waals surface area contributed by atoms with Gasteiger partial charge < -0.3 is 15.0 Å². The standard InChI is InChI=1S/C26H29N3O2/c30-26(29-14-3-4-15-29)23-18-25(28-24-10-2-1-9-22(23)24)19-7-5-8-21(17-19)31-16-6-13-27-20-11-12-20/h1-2,5,7-10,17-18,20,27H,3-4,6,11-16H2. The number of para-hydroxylation sites is 1. The number of hydrogen-bond acceptors (Lipinski definition) is 4. The van der Waals surface area contributed by atoms with Crippen molar-refractivity contribution in [3.8, 4) is 17.0 Å². The van der Waals surface area contributed by atoms with Gasteiger partial charge in [-0.15, -0.1) is 0 Å². The number of likely N-dealkylation sites (tertiary alicyclic amines) is 1. The molecular weight excluding hydrogens is 386 g/mol. The van der Waals surface area contributed by atoms with Crippen molar-refractivity contribution in [2.45, 2.75) is 38.1 Å². The molecule has 1 aromatic heterocycles. The highest BCUT2D eigenvalue weighted by atomic mass is 16.5. The normalized spacial score (nSPS) is 16.1. The molecule has 0 atom stereocenters. The first-order valence-electron chi connectivity index (χ1n) is 11.4. The summed E-state index contributed by atoms with van der Waals surface area (Å²) in [7, 11) is 0. The molecule has 2 fully saturated rings. The molecule has 1 aliphatic heterocycles. The number of nitrogens with one attached hydrogen (secondary N) is 1. The van der Waals surface area contributed by atoms with E-state index < -0.39 is 0 Å². The van der Waals surface area contributed by atoms with E-state index in [1.54, 1.807) is 0 Å². The Labute approximate surface area is 183 Å². The van der Waals surface area contributed by atoms with Crippen LogP contribution in [0.5, 0.6) is 5.75 Å². The summed E-state index contributed by atoms with van der Waals surface area (Å²) in [4.78, 5) is 20.0. The first-order valence-corrected chi connectivity index (χ1v) is 11.4. The number of fused-ring (bicyclic) bond motifs is 1. The molecule has 1 N–H and O–H groups in total. The predicted molar refractivity (Wildman–Crippen MR) is 123 cm³/mol. The minimum Gasteiger partial charge on any atom is -0.494 e. The molecule has 1 amide bonds. The fraction of sp³-hybridized carbons (Fsp3) is 0.385. The lowest BCUT2D eigenvalue weighted by Gasteiger charge is -2.17. The Morgan fingerprint density at radius 1 is 1.06 bits per heavy atom. The molecule has 0 spiro atoms. The molecule has 0 radical (unpaired) electrons. The number of pyridine rings is 1. The van der Waals surface area contributed by atoms with Crippen molar-refractivity contribution in [3.05, 3.63) is 60.2 Å². The average Bonchev–Trinajstić information content (AvgIpc) is 3.47. The van der Waals surface area contributed by atoms with Gasteiger partial charge in [0.15, 0.2) is 0 Å². The van der Waals surface area contributed by atoms with Gasteiger partial charge >= 0.3 is 0 Å². The van der Waals surface area contributed by atoms with Crippen molar-refractivity contribution in [1.29, 1.82) is 0 Å². The van der Waals surface area contributed by atoms with Crippen LogP contribution in [0.1, 0.15) is 42.5 Å². The zero-order chi connectivity index (χ0) is 21.0. The number of benzene rings is 2. The third-order valence-corrected chi connectivity index (χ3v) is 6.07. The summed E-state index contributed by atoms with van der Waals surface area (Å²) in [5.74, 6) is 0.944. The molecule has 1 saturated heterocycles. The average molecular weight is 416 g/mol. The Morgan fingerprint density at radius 3 is 2.74 bits per heavy atom. The fourth-order valence-electron chi connectivity index (χ4n) is 4.19. The molecule has 1 aliphatic carbocycles. The lowest BCUT2D eigenvalue weighted by molar-refractivity contribution is 0.0794. The van der Waals surface area contributed by atoms with Crippen LogP contribution in [0.15, 0.2) is 54.6 Å². The Balaban J connectivity index is 1.38. The van der Waals surface area contributed by atoms with Gasteiger partial charge in [0, 0.05) is 30.1 Å². The fourth-order valence-corrected chi connectivity index (χ4v) is 4.19. The number of ether oxygens (including phenoxy) is 1. The van der Waals surface area contributed by atoms with E-state index in [-0.39, 0.29) is 5.91 Å². The molecular formula is C26H29N3O2. The largest absolute Gasteiger partial charge is 0.494 e. The van der Waals surface area contributed by atoms with Gasteiger partial charge in [0.25, 0.3) is 5.91 Å². The zero-order valence-electron chi connectivity index (χ0n) is 17.8. The summed E-state index contributed by atoms with van der Waals surface area (Å²) in [6.07, 6.45) is 5.77. The van der Waals surface area contributed by atoms with Crippen molar-refractivity contribution >= 4 is 16.8 Å². The molecule has 5 heteroatoms. The zero-order valence-corrected chi connectivity index (χ0v) is 17.8. The molecule has 3 aromatic rings. The Kier molecular flexibility index (Phi) is 5.85. The second-order valence-electron chi connectivity index (χ2n) is 8.53. The number of carbonyl (C=O) groups is 1. The minimum absolute atomic E-state index is 0.105. The van der Waals surface area contributed by atoms with Crippen LogP contribution in [0.4, 0.5) is 0 Å². The number of carbonyl (C=O) groups excluding carboxylic acids is 1. The molecule has 2 aromatic carbocycles. The van der Waals surface area contributed by atoms with Crippen molar-refractivity contribution in [2.24, 2.45) is 0 Å². The quantitative estimate of drug-likeness (QED) is 0.544. The van der Waals surface area contributed by atoms with Crippen LogP contribution in [0, 0.1) is 0 Å². The smallest absolute Gasteiger partial charge is 0.254 e. The maximum atomic E-state index is 13.2. The lowest BCUT2D eigenvalue weighted by Crippen LogP contribution is -2.27. The molecule has 5 nitrogen and oxygen atoms in total. The monoisotopic (exact) mass is 415 g/mol. The summed E-state index contributed by atoms with van der Waals surface area (Å²) in [6.45, 7) is 3.36. The molecule has 2 heterocycles. The van der Waals surface area contributed by atoms with Gasteiger partial charge in [0.1, 0.15) is 5.75 Å². The van der Waals surface area contributed by atoms with Crippen LogP contribution in [0.3, 0.4) is 0 Å². The van der Waals surface area contributed by atoms with Gasteiger partial charge in [-0.25, -0.2) is 4.98 Å². The predicted octanol–water partition coefficient (Wildman–Crippen LogP) is 4.66. The summed E-state index contributed by atoms with van der Waals surface area (Å²) >= 11 is 0. The van der Waals surface area contributed by atoms with Crippen molar-refractivity contribution < 1.29 is 9.53 Å². The van der Waals surface area contributed by atoms with Crippen LogP contribution in [-0.2, 0) is 0 Å².